The van der Waals surface area contributed by atoms with E-state index in [4.69, 9.17) is 15.6 Å². The zero-order valence-electron chi connectivity index (χ0n) is 18.6. The highest BCUT2D eigenvalue weighted by atomic mass is 32.2. The molecule has 34 heavy (non-hydrogen) atoms. The highest BCUT2D eigenvalue weighted by molar-refractivity contribution is 7.89. The van der Waals surface area contributed by atoms with Crippen LogP contribution in [0, 0.1) is 5.41 Å². The molecular formula is C25H25N3O5S. The maximum atomic E-state index is 13.2. The zero-order valence-corrected chi connectivity index (χ0v) is 19.4. The molecule has 8 nitrogen and oxygen atoms in total. The van der Waals surface area contributed by atoms with E-state index in [1.807, 2.05) is 6.92 Å². The Labute approximate surface area is 196 Å². The van der Waals surface area contributed by atoms with Crippen LogP contribution >= 0.6 is 0 Å². The van der Waals surface area contributed by atoms with Gasteiger partial charge in [0.2, 0.25) is 10.0 Å². The van der Waals surface area contributed by atoms with Crippen LogP contribution in [0.25, 0.3) is 33.4 Å². The smallest absolute Gasteiger partial charge is 0.336 e. The first-order valence-electron chi connectivity index (χ1n) is 10.9. The Hall–Kier alpha value is -3.69. The van der Waals surface area contributed by atoms with Gasteiger partial charge in [-0.15, -0.1) is 0 Å². The molecule has 0 radical (unpaired) electrons. The topological polar surface area (TPSA) is 146 Å². The van der Waals surface area contributed by atoms with Crippen molar-refractivity contribution in [2.75, 3.05) is 12.3 Å². The van der Waals surface area contributed by atoms with Gasteiger partial charge in [0.25, 0.3) is 0 Å². The van der Waals surface area contributed by atoms with Crippen LogP contribution in [0.5, 0.6) is 0 Å². The Balaban J connectivity index is 2.06. The second-order valence-electron chi connectivity index (χ2n) is 8.01. The number of aromatic carboxylic acids is 1. The van der Waals surface area contributed by atoms with Crippen molar-refractivity contribution in [1.82, 2.24) is 4.72 Å². The van der Waals surface area contributed by atoms with Crippen molar-refractivity contribution in [3.05, 3.63) is 65.5 Å². The molecule has 0 bridgehead atoms. The van der Waals surface area contributed by atoms with E-state index >= 15 is 0 Å². The Bertz CT molecular complexity index is 1530. The molecule has 0 spiro atoms. The summed E-state index contributed by atoms with van der Waals surface area (Å²) in [4.78, 5) is 11.7. The summed E-state index contributed by atoms with van der Waals surface area (Å²) < 4.78 is 35.1. The van der Waals surface area contributed by atoms with E-state index in [9.17, 15) is 18.3 Å². The molecule has 4 rings (SSSR count). The maximum absolute atomic E-state index is 13.2. The minimum Gasteiger partial charge on any atom is -0.478 e. The quantitative estimate of drug-likeness (QED) is 0.167. The molecule has 2 aromatic rings. The standard InChI is InChI=1S/C25H25N3O5S/c1-2-3-6-13-28-34(31,32)24-20(27)12-11-19-22(16-7-4-5-8-17(16)25(29)30)18-10-9-15(26)14-21(18)33-23(19)24/h4-5,7-12,14,27-28H,2-3,6,13,26H2,1H3,(H,29,30). The number of rotatable bonds is 8. The fraction of sp³-hybridized carbons (Fsp3) is 0.200. The lowest BCUT2D eigenvalue weighted by Crippen LogP contribution is -2.30. The molecule has 1 heterocycles. The Morgan fingerprint density at radius 1 is 1.09 bits per heavy atom. The first kappa shape index (κ1) is 23.5. The molecule has 2 aromatic carbocycles. The van der Waals surface area contributed by atoms with Gasteiger partial charge in [0, 0.05) is 34.8 Å². The van der Waals surface area contributed by atoms with Gasteiger partial charge in [-0.05, 0) is 42.3 Å². The third-order valence-electron chi connectivity index (χ3n) is 5.64. The summed E-state index contributed by atoms with van der Waals surface area (Å²) in [6, 6.07) is 14.4. The number of carbonyl (C=O) groups is 1. The van der Waals surface area contributed by atoms with Crippen molar-refractivity contribution in [3.63, 3.8) is 0 Å². The first-order chi connectivity index (χ1) is 16.2. The Morgan fingerprint density at radius 3 is 2.59 bits per heavy atom. The maximum Gasteiger partial charge on any atom is 0.336 e. The van der Waals surface area contributed by atoms with Crippen LogP contribution < -0.4 is 15.8 Å². The van der Waals surface area contributed by atoms with Gasteiger partial charge in [0.05, 0.1) is 10.9 Å². The molecule has 9 heteroatoms. The summed E-state index contributed by atoms with van der Waals surface area (Å²) in [6.45, 7) is 2.26. The van der Waals surface area contributed by atoms with E-state index < -0.39 is 16.0 Å². The van der Waals surface area contributed by atoms with Crippen LogP contribution in [0.2, 0.25) is 0 Å². The number of anilines is 1. The monoisotopic (exact) mass is 479 g/mol. The molecule has 0 saturated heterocycles. The van der Waals surface area contributed by atoms with E-state index in [1.54, 1.807) is 42.5 Å². The number of unbranched alkanes of at least 4 members (excludes halogenated alkanes) is 2. The van der Waals surface area contributed by atoms with Crippen LogP contribution in [0.15, 0.2) is 63.9 Å². The predicted molar refractivity (Wildman–Crippen MR) is 130 cm³/mol. The van der Waals surface area contributed by atoms with Crippen molar-refractivity contribution < 1.29 is 22.7 Å². The molecule has 0 amide bonds. The van der Waals surface area contributed by atoms with Crippen LogP contribution in [0.1, 0.15) is 36.5 Å². The van der Waals surface area contributed by atoms with E-state index in [1.165, 1.54) is 12.1 Å². The van der Waals surface area contributed by atoms with Crippen molar-refractivity contribution in [1.29, 1.82) is 5.41 Å². The largest absolute Gasteiger partial charge is 0.478 e. The molecule has 0 atom stereocenters. The molecule has 176 valence electrons. The lowest BCUT2D eigenvalue weighted by molar-refractivity contribution is 0.0697. The Morgan fingerprint density at radius 2 is 1.85 bits per heavy atom. The second kappa shape index (κ2) is 9.28. The lowest BCUT2D eigenvalue weighted by atomic mass is 9.90. The predicted octanol–water partition coefficient (Wildman–Crippen LogP) is 4.43. The molecule has 2 aliphatic rings. The fourth-order valence-electron chi connectivity index (χ4n) is 4.04. The summed E-state index contributed by atoms with van der Waals surface area (Å²) in [5, 5.41) is 18.5. The van der Waals surface area contributed by atoms with Crippen LogP contribution in [-0.4, -0.2) is 26.0 Å². The third kappa shape index (κ3) is 4.27. The number of fused-ring (bicyclic) bond motifs is 2. The van der Waals surface area contributed by atoms with E-state index in [0.717, 1.165) is 12.8 Å². The fourth-order valence-corrected chi connectivity index (χ4v) is 5.35. The molecule has 0 saturated carbocycles. The Kier molecular flexibility index (Phi) is 6.41. The van der Waals surface area contributed by atoms with Gasteiger partial charge in [0.15, 0.2) is 10.7 Å². The van der Waals surface area contributed by atoms with Crippen LogP contribution in [-0.2, 0) is 10.0 Å². The number of hydrogen-bond acceptors (Lipinski definition) is 6. The number of carboxylic acids is 1. The average Bonchev–Trinajstić information content (AvgIpc) is 2.80. The average molecular weight is 480 g/mol. The molecule has 1 aliphatic carbocycles. The third-order valence-corrected chi connectivity index (χ3v) is 7.16. The summed E-state index contributed by atoms with van der Waals surface area (Å²) >= 11 is 0. The van der Waals surface area contributed by atoms with Crippen LogP contribution in [0.4, 0.5) is 5.69 Å². The molecule has 0 unspecified atom stereocenters. The van der Waals surface area contributed by atoms with Gasteiger partial charge in [-0.3, -0.25) is 5.41 Å². The van der Waals surface area contributed by atoms with E-state index in [-0.39, 0.29) is 33.7 Å². The second-order valence-corrected chi connectivity index (χ2v) is 9.71. The highest BCUT2D eigenvalue weighted by Gasteiger charge is 2.29. The van der Waals surface area contributed by atoms with E-state index in [2.05, 4.69) is 4.72 Å². The van der Waals surface area contributed by atoms with Gasteiger partial charge >= 0.3 is 5.97 Å². The summed E-state index contributed by atoms with van der Waals surface area (Å²) in [5.74, 6) is -1.14. The summed E-state index contributed by atoms with van der Waals surface area (Å²) in [5.41, 5.74) is 8.00. The van der Waals surface area contributed by atoms with Gasteiger partial charge in [-0.2, -0.15) is 0 Å². The molecule has 1 aliphatic heterocycles. The molecule has 5 N–H and O–H groups in total. The zero-order chi connectivity index (χ0) is 24.5. The number of nitrogens with one attached hydrogen (secondary N) is 2. The minimum absolute atomic E-state index is 0.0243. The van der Waals surface area contributed by atoms with Gasteiger partial charge in [-0.1, -0.05) is 38.0 Å². The van der Waals surface area contributed by atoms with Crippen LogP contribution in [0.3, 0.4) is 0 Å². The number of benzene rings is 3. The molecule has 0 fully saturated rings. The first-order valence-corrected chi connectivity index (χ1v) is 12.4. The molecular weight excluding hydrogens is 454 g/mol. The number of hydrogen-bond donors (Lipinski definition) is 4. The number of nitrogen functional groups attached to an aromatic ring is 1. The number of nitrogens with two attached hydrogens (primary N) is 1. The lowest BCUT2D eigenvalue weighted by Gasteiger charge is -2.19. The van der Waals surface area contributed by atoms with Gasteiger partial charge in [-0.25, -0.2) is 17.9 Å². The van der Waals surface area contributed by atoms with Crippen molar-refractivity contribution in [3.8, 4) is 22.5 Å². The van der Waals surface area contributed by atoms with Gasteiger partial charge in [0.1, 0.15) is 5.58 Å². The SMILES string of the molecule is CCCCCNS(=O)(=O)c1c2oc3cc(N)ccc3c(-c3ccccc3C(=O)O)c-2ccc1=N. The molecule has 0 aromatic heterocycles. The normalized spacial score (nSPS) is 11.8. The van der Waals surface area contributed by atoms with Crippen molar-refractivity contribution in [2.24, 2.45) is 0 Å². The highest BCUT2D eigenvalue weighted by Crippen LogP contribution is 2.43. The van der Waals surface area contributed by atoms with Crippen molar-refractivity contribution >= 4 is 32.6 Å². The summed E-state index contributed by atoms with van der Waals surface area (Å²) in [6.07, 6.45) is 2.48. The minimum atomic E-state index is -4.08. The van der Waals surface area contributed by atoms with Gasteiger partial charge < -0.3 is 15.3 Å². The summed E-state index contributed by atoms with van der Waals surface area (Å²) in [7, 11) is -4.08. The number of sulfonamides is 1. The van der Waals surface area contributed by atoms with Crippen molar-refractivity contribution in [2.45, 2.75) is 31.1 Å². The number of carboxylic acid groups (broad SMARTS) is 1. The van der Waals surface area contributed by atoms with E-state index in [0.29, 0.717) is 34.2 Å².